The van der Waals surface area contributed by atoms with Gasteiger partial charge in [0.2, 0.25) is 5.91 Å². The van der Waals surface area contributed by atoms with E-state index in [-0.39, 0.29) is 12.0 Å². The molecule has 26 heavy (non-hydrogen) atoms. The molecule has 1 saturated heterocycles. The first kappa shape index (κ1) is 18.7. The van der Waals surface area contributed by atoms with Gasteiger partial charge < -0.3 is 15.5 Å². The number of aliphatic imine (C=N–C) groups is 1. The molecule has 1 saturated carbocycles. The van der Waals surface area contributed by atoms with Crippen molar-refractivity contribution in [3.63, 3.8) is 0 Å². The van der Waals surface area contributed by atoms with E-state index < -0.39 is 0 Å². The fourth-order valence-corrected chi connectivity index (χ4v) is 3.96. The Hall–Kier alpha value is -2.05. The monoisotopic (exact) mass is 360 g/mol. The lowest BCUT2D eigenvalue weighted by Crippen LogP contribution is -2.46. The Morgan fingerprint density at radius 2 is 2.15 bits per heavy atom. The highest BCUT2D eigenvalue weighted by Crippen LogP contribution is 2.27. The molecule has 1 aliphatic heterocycles. The van der Waals surface area contributed by atoms with Crippen LogP contribution in [-0.2, 0) is 11.3 Å². The summed E-state index contributed by atoms with van der Waals surface area (Å²) in [6, 6.07) is 2.23. The summed E-state index contributed by atoms with van der Waals surface area (Å²) in [5, 5.41) is 11.1. The van der Waals surface area contributed by atoms with Crippen LogP contribution in [0.3, 0.4) is 0 Å². The summed E-state index contributed by atoms with van der Waals surface area (Å²) in [6.07, 6.45) is 9.34. The minimum Gasteiger partial charge on any atom is -0.356 e. The van der Waals surface area contributed by atoms with E-state index >= 15 is 0 Å². The molecule has 2 atom stereocenters. The van der Waals surface area contributed by atoms with Crippen LogP contribution in [0.15, 0.2) is 23.5 Å². The molecular weight excluding hydrogens is 328 g/mol. The maximum Gasteiger partial charge on any atom is 0.225 e. The Labute approximate surface area is 156 Å². The second kappa shape index (κ2) is 9.05. The zero-order chi connectivity index (χ0) is 18.4. The van der Waals surface area contributed by atoms with Crippen molar-refractivity contribution in [3.05, 3.63) is 18.5 Å². The first-order valence-corrected chi connectivity index (χ1v) is 9.89. The van der Waals surface area contributed by atoms with Crippen LogP contribution < -0.4 is 10.6 Å². The van der Waals surface area contributed by atoms with Gasteiger partial charge in [-0.15, -0.1) is 0 Å². The van der Waals surface area contributed by atoms with Crippen molar-refractivity contribution >= 4 is 11.9 Å². The van der Waals surface area contributed by atoms with Gasteiger partial charge in [-0.3, -0.25) is 14.5 Å². The normalized spacial score (nSPS) is 22.6. The van der Waals surface area contributed by atoms with E-state index in [1.165, 1.54) is 12.8 Å². The van der Waals surface area contributed by atoms with Crippen LogP contribution >= 0.6 is 0 Å². The summed E-state index contributed by atoms with van der Waals surface area (Å²) in [5.41, 5.74) is 0. The van der Waals surface area contributed by atoms with Crippen molar-refractivity contribution in [1.29, 1.82) is 0 Å². The van der Waals surface area contributed by atoms with Gasteiger partial charge in [0.15, 0.2) is 5.96 Å². The minimum atomic E-state index is 0.273. The molecule has 7 heteroatoms. The number of aromatic nitrogens is 2. The molecule has 2 aliphatic rings. The molecule has 144 valence electrons. The SMILES string of the molecule is CN=C(NCC(C)Cn1cccn1)NC1CCN(C(=O)C2CCCC2)C1. The third-order valence-electron chi connectivity index (χ3n) is 5.44. The van der Waals surface area contributed by atoms with E-state index in [0.29, 0.717) is 11.8 Å². The largest absolute Gasteiger partial charge is 0.356 e. The second-order valence-corrected chi connectivity index (χ2v) is 7.68. The Kier molecular flexibility index (Phi) is 6.52. The standard InChI is InChI=1S/C19H32N6O/c1-15(13-25-10-5-9-22-25)12-21-19(20-2)23-17-8-11-24(14-17)18(26)16-6-3-4-7-16/h5,9-10,15-17H,3-4,6-8,11-14H2,1-2H3,(H2,20,21,23). The predicted octanol–water partition coefficient (Wildman–Crippen LogP) is 1.48. The number of nitrogens with one attached hydrogen (secondary N) is 2. The number of nitrogens with zero attached hydrogens (tertiary/aromatic N) is 4. The topological polar surface area (TPSA) is 74.6 Å². The van der Waals surface area contributed by atoms with Crippen LogP contribution in [0.25, 0.3) is 0 Å². The predicted molar refractivity (Wildman–Crippen MR) is 103 cm³/mol. The number of rotatable bonds is 6. The van der Waals surface area contributed by atoms with Gasteiger partial charge in [0.1, 0.15) is 0 Å². The van der Waals surface area contributed by atoms with E-state index in [0.717, 1.165) is 51.4 Å². The summed E-state index contributed by atoms with van der Waals surface area (Å²) in [7, 11) is 1.80. The first-order chi connectivity index (χ1) is 12.7. The van der Waals surface area contributed by atoms with Gasteiger partial charge in [-0.25, -0.2) is 0 Å². The molecule has 0 bridgehead atoms. The van der Waals surface area contributed by atoms with Crippen molar-refractivity contribution in [2.24, 2.45) is 16.8 Å². The molecule has 1 aromatic rings. The Bertz CT molecular complexity index is 593. The summed E-state index contributed by atoms with van der Waals surface area (Å²) in [6.45, 7) is 5.55. The maximum atomic E-state index is 12.6. The van der Waals surface area contributed by atoms with E-state index in [4.69, 9.17) is 0 Å². The lowest BCUT2D eigenvalue weighted by atomic mass is 10.1. The van der Waals surface area contributed by atoms with E-state index in [1.807, 2.05) is 21.8 Å². The van der Waals surface area contributed by atoms with Crippen LogP contribution in [0.5, 0.6) is 0 Å². The third kappa shape index (κ3) is 4.99. The molecule has 1 amide bonds. The molecule has 1 aromatic heterocycles. The average Bonchev–Trinajstić information content (AvgIpc) is 3.40. The summed E-state index contributed by atoms with van der Waals surface area (Å²) < 4.78 is 1.95. The van der Waals surface area contributed by atoms with E-state index in [1.54, 1.807) is 13.2 Å². The van der Waals surface area contributed by atoms with Crippen molar-refractivity contribution in [1.82, 2.24) is 25.3 Å². The quantitative estimate of drug-likeness (QED) is 0.595. The molecular formula is C19H32N6O. The van der Waals surface area contributed by atoms with Gasteiger partial charge >= 0.3 is 0 Å². The van der Waals surface area contributed by atoms with Crippen molar-refractivity contribution in [3.8, 4) is 0 Å². The molecule has 2 unspecified atom stereocenters. The van der Waals surface area contributed by atoms with Gasteiger partial charge in [-0.1, -0.05) is 19.8 Å². The highest BCUT2D eigenvalue weighted by Gasteiger charge is 2.32. The van der Waals surface area contributed by atoms with Crippen molar-refractivity contribution < 1.29 is 4.79 Å². The van der Waals surface area contributed by atoms with Crippen molar-refractivity contribution in [2.45, 2.75) is 51.6 Å². The minimum absolute atomic E-state index is 0.273. The molecule has 3 rings (SSSR count). The van der Waals surface area contributed by atoms with E-state index in [2.05, 4.69) is 27.6 Å². The Morgan fingerprint density at radius 3 is 2.85 bits per heavy atom. The summed E-state index contributed by atoms with van der Waals surface area (Å²) in [5.74, 6) is 1.90. The number of carbonyl (C=O) groups excluding carboxylic acids is 1. The van der Waals surface area contributed by atoms with Gasteiger partial charge in [-0.2, -0.15) is 5.10 Å². The first-order valence-electron chi connectivity index (χ1n) is 9.89. The second-order valence-electron chi connectivity index (χ2n) is 7.68. The fourth-order valence-electron chi connectivity index (χ4n) is 3.96. The van der Waals surface area contributed by atoms with Crippen LogP contribution in [0.1, 0.15) is 39.0 Å². The number of likely N-dealkylation sites (tertiary alicyclic amines) is 1. The van der Waals surface area contributed by atoms with Gasteiger partial charge in [0.25, 0.3) is 0 Å². The lowest BCUT2D eigenvalue weighted by molar-refractivity contribution is -0.134. The average molecular weight is 361 g/mol. The Balaban J connectivity index is 1.40. The van der Waals surface area contributed by atoms with Crippen LogP contribution in [0, 0.1) is 11.8 Å². The molecule has 1 aliphatic carbocycles. The number of amides is 1. The molecule has 2 heterocycles. The van der Waals surface area contributed by atoms with E-state index in [9.17, 15) is 4.79 Å². The summed E-state index contributed by atoms with van der Waals surface area (Å²) >= 11 is 0. The lowest BCUT2D eigenvalue weighted by Gasteiger charge is -2.22. The molecule has 0 aromatic carbocycles. The molecule has 7 nitrogen and oxygen atoms in total. The highest BCUT2D eigenvalue weighted by atomic mass is 16.2. The number of carbonyl (C=O) groups is 1. The third-order valence-corrected chi connectivity index (χ3v) is 5.44. The summed E-state index contributed by atoms with van der Waals surface area (Å²) in [4.78, 5) is 18.9. The number of hydrogen-bond donors (Lipinski definition) is 2. The zero-order valence-corrected chi connectivity index (χ0v) is 16.0. The van der Waals surface area contributed by atoms with Gasteiger partial charge in [-0.05, 0) is 31.2 Å². The fraction of sp³-hybridized carbons (Fsp3) is 0.737. The van der Waals surface area contributed by atoms with Gasteiger partial charge in [0.05, 0.1) is 0 Å². The maximum absolute atomic E-state index is 12.6. The van der Waals surface area contributed by atoms with Crippen LogP contribution in [0.2, 0.25) is 0 Å². The zero-order valence-electron chi connectivity index (χ0n) is 16.0. The molecule has 2 fully saturated rings. The smallest absolute Gasteiger partial charge is 0.225 e. The molecule has 0 radical (unpaired) electrons. The molecule has 0 spiro atoms. The number of guanidine groups is 1. The molecule has 2 N–H and O–H groups in total. The highest BCUT2D eigenvalue weighted by molar-refractivity contribution is 5.81. The Morgan fingerprint density at radius 1 is 1.35 bits per heavy atom. The van der Waals surface area contributed by atoms with Gasteiger partial charge in [0, 0.05) is 57.6 Å². The van der Waals surface area contributed by atoms with Crippen molar-refractivity contribution in [2.75, 3.05) is 26.7 Å². The van der Waals surface area contributed by atoms with Crippen LogP contribution in [-0.4, -0.2) is 59.3 Å². The number of hydrogen-bond acceptors (Lipinski definition) is 3. The van der Waals surface area contributed by atoms with Crippen LogP contribution in [0.4, 0.5) is 0 Å².